The Morgan fingerprint density at radius 3 is 2.95 bits per heavy atom. The lowest BCUT2D eigenvalue weighted by Gasteiger charge is -2.16. The van der Waals surface area contributed by atoms with Gasteiger partial charge in [0, 0.05) is 11.9 Å². The Balaban J connectivity index is 2.50. The topological polar surface area (TPSA) is 18.5 Å². The summed E-state index contributed by atoms with van der Waals surface area (Å²) in [7, 11) is 1.72. The summed E-state index contributed by atoms with van der Waals surface area (Å²) in [6.07, 6.45) is 15.7. The Bertz CT molecular complexity index is 371. The van der Waals surface area contributed by atoms with E-state index in [1.165, 1.54) is 0 Å². The summed E-state index contributed by atoms with van der Waals surface area (Å²) in [6.45, 7) is 2.09. The van der Waals surface area contributed by atoms with Gasteiger partial charge in [0.2, 0.25) is 0 Å². The molecule has 1 fully saturated rings. The molecule has 0 unspecified atom stereocenters. The fraction of sp³-hybridized carbons (Fsp3) is 0.625. The third-order valence-electron chi connectivity index (χ3n) is 3.35. The maximum Gasteiger partial charge on any atom is 0.0887 e. The van der Waals surface area contributed by atoms with Crippen LogP contribution in [0, 0.1) is 12.3 Å². The van der Waals surface area contributed by atoms with Gasteiger partial charge in [-0.25, -0.2) is 0 Å². The van der Waals surface area contributed by atoms with E-state index in [1.54, 1.807) is 13.2 Å². The minimum Gasteiger partial charge on any atom is -0.377 e. The molecular weight excluding hydrogens is 340 g/mol. The van der Waals surface area contributed by atoms with Gasteiger partial charge in [-0.15, -0.1) is 18.0 Å². The van der Waals surface area contributed by atoms with Gasteiger partial charge in [-0.3, -0.25) is 0 Å². The highest BCUT2D eigenvalue weighted by atomic mass is 79.9. The van der Waals surface area contributed by atoms with Crippen molar-refractivity contribution in [3.8, 4) is 12.3 Å². The van der Waals surface area contributed by atoms with E-state index in [0.29, 0.717) is 0 Å². The SMILES string of the molecule is C#C/C=C\C[C@@H](Cl)[C@@H]1C[C@@H](Br)[C@@H](/C=C\[C@@H](CC)OC)O1. The average molecular weight is 362 g/mol. The Morgan fingerprint density at radius 2 is 2.35 bits per heavy atom. The highest BCUT2D eigenvalue weighted by molar-refractivity contribution is 9.09. The van der Waals surface area contributed by atoms with Crippen molar-refractivity contribution in [2.24, 2.45) is 0 Å². The number of hydrogen-bond donors (Lipinski definition) is 0. The van der Waals surface area contributed by atoms with Crippen LogP contribution >= 0.6 is 27.5 Å². The van der Waals surface area contributed by atoms with Gasteiger partial charge in [-0.1, -0.05) is 47.0 Å². The van der Waals surface area contributed by atoms with Gasteiger partial charge in [0.15, 0.2) is 0 Å². The molecule has 0 saturated carbocycles. The molecule has 112 valence electrons. The highest BCUT2D eigenvalue weighted by Crippen LogP contribution is 2.32. The van der Waals surface area contributed by atoms with Crippen molar-refractivity contribution >= 4 is 27.5 Å². The molecule has 0 N–H and O–H groups in total. The van der Waals surface area contributed by atoms with Crippen molar-refractivity contribution in [3.05, 3.63) is 24.3 Å². The summed E-state index contributed by atoms with van der Waals surface area (Å²) in [5.74, 6) is 2.46. The monoisotopic (exact) mass is 360 g/mol. The normalized spacial score (nSPS) is 29.9. The van der Waals surface area contributed by atoms with Crippen LogP contribution in [-0.2, 0) is 9.47 Å². The minimum atomic E-state index is -0.0533. The summed E-state index contributed by atoms with van der Waals surface area (Å²) >= 11 is 10.0. The van der Waals surface area contributed by atoms with E-state index in [-0.39, 0.29) is 28.5 Å². The number of ether oxygens (including phenoxy) is 2. The van der Waals surface area contributed by atoms with E-state index >= 15 is 0 Å². The maximum atomic E-state index is 6.36. The molecule has 0 aromatic heterocycles. The molecule has 4 heteroatoms. The first kappa shape index (κ1) is 17.8. The zero-order valence-corrected chi connectivity index (χ0v) is 14.3. The van der Waals surface area contributed by atoms with Crippen molar-refractivity contribution in [2.45, 2.75) is 54.7 Å². The molecule has 1 heterocycles. The van der Waals surface area contributed by atoms with E-state index in [1.807, 2.05) is 6.08 Å². The van der Waals surface area contributed by atoms with Crippen molar-refractivity contribution in [3.63, 3.8) is 0 Å². The average Bonchev–Trinajstić information content (AvgIpc) is 2.82. The van der Waals surface area contributed by atoms with E-state index in [2.05, 4.69) is 40.9 Å². The summed E-state index contributed by atoms with van der Waals surface area (Å²) in [6, 6.07) is 0. The fourth-order valence-corrected chi connectivity index (χ4v) is 3.06. The Morgan fingerprint density at radius 1 is 1.60 bits per heavy atom. The summed E-state index contributed by atoms with van der Waals surface area (Å²) in [4.78, 5) is 0.288. The number of methoxy groups -OCH3 is 1. The first-order valence-electron chi connectivity index (χ1n) is 6.88. The Kier molecular flexibility index (Phi) is 8.56. The van der Waals surface area contributed by atoms with Crippen LogP contribution in [0.25, 0.3) is 0 Å². The summed E-state index contributed by atoms with van der Waals surface area (Å²) in [5.41, 5.74) is 0. The number of alkyl halides is 2. The lowest BCUT2D eigenvalue weighted by Crippen LogP contribution is -2.21. The molecule has 0 amide bonds. The minimum absolute atomic E-state index is 0.0423. The number of rotatable bonds is 7. The predicted molar refractivity (Wildman–Crippen MR) is 88.5 cm³/mol. The first-order chi connectivity index (χ1) is 9.62. The number of halogens is 2. The molecule has 0 spiro atoms. The van der Waals surface area contributed by atoms with Gasteiger partial charge in [0.1, 0.15) is 0 Å². The zero-order chi connectivity index (χ0) is 15.0. The number of allylic oxidation sites excluding steroid dienone is 2. The quantitative estimate of drug-likeness (QED) is 0.386. The van der Waals surface area contributed by atoms with Crippen molar-refractivity contribution in [2.75, 3.05) is 7.11 Å². The zero-order valence-electron chi connectivity index (χ0n) is 12.0. The smallest absolute Gasteiger partial charge is 0.0887 e. The standard InChI is InChI=1S/C16H22BrClO2/c1-4-6-7-8-14(18)16-11-13(17)15(20-16)10-9-12(5-2)19-3/h1,6-7,9-10,12-16H,5,8,11H2,2-3H3/b7-6-,10-9-/t12-,13-,14-,15-,16+/m1/s1. The van der Waals surface area contributed by atoms with Gasteiger partial charge < -0.3 is 9.47 Å². The molecule has 1 aliphatic heterocycles. The van der Waals surface area contributed by atoms with Crippen LogP contribution in [0.5, 0.6) is 0 Å². The van der Waals surface area contributed by atoms with E-state index in [4.69, 9.17) is 27.5 Å². The molecule has 0 aliphatic carbocycles. The lowest BCUT2D eigenvalue weighted by atomic mass is 10.1. The van der Waals surface area contributed by atoms with Crippen LogP contribution in [0.15, 0.2) is 24.3 Å². The molecule has 0 radical (unpaired) electrons. The second kappa shape index (κ2) is 9.63. The second-order valence-electron chi connectivity index (χ2n) is 4.78. The molecule has 1 aliphatic rings. The van der Waals surface area contributed by atoms with Crippen LogP contribution in [-0.4, -0.2) is 35.6 Å². The molecule has 20 heavy (non-hydrogen) atoms. The second-order valence-corrected chi connectivity index (χ2v) is 6.52. The van der Waals surface area contributed by atoms with Crippen LogP contribution < -0.4 is 0 Å². The molecule has 0 aromatic rings. The third-order valence-corrected chi connectivity index (χ3v) is 4.70. The highest BCUT2D eigenvalue weighted by Gasteiger charge is 2.35. The molecule has 1 rings (SSSR count). The van der Waals surface area contributed by atoms with Gasteiger partial charge in [-0.2, -0.15) is 0 Å². The van der Waals surface area contributed by atoms with Crippen molar-refractivity contribution < 1.29 is 9.47 Å². The third kappa shape index (κ3) is 5.61. The van der Waals surface area contributed by atoms with Crippen molar-refractivity contribution in [1.82, 2.24) is 0 Å². The van der Waals surface area contributed by atoms with Crippen LogP contribution in [0.1, 0.15) is 26.2 Å². The lowest BCUT2D eigenvalue weighted by molar-refractivity contribution is 0.0683. The van der Waals surface area contributed by atoms with Crippen LogP contribution in [0.4, 0.5) is 0 Å². The van der Waals surface area contributed by atoms with Crippen LogP contribution in [0.3, 0.4) is 0 Å². The van der Waals surface area contributed by atoms with Crippen molar-refractivity contribution in [1.29, 1.82) is 0 Å². The van der Waals surface area contributed by atoms with E-state index in [0.717, 1.165) is 19.3 Å². The van der Waals surface area contributed by atoms with Gasteiger partial charge in [-0.05, 0) is 25.3 Å². The number of hydrogen-bond acceptors (Lipinski definition) is 2. The number of terminal acetylenes is 1. The molecule has 5 atom stereocenters. The molecular formula is C16H22BrClO2. The van der Waals surface area contributed by atoms with E-state index in [9.17, 15) is 0 Å². The Hall–Kier alpha value is -0.270. The van der Waals surface area contributed by atoms with Gasteiger partial charge >= 0.3 is 0 Å². The van der Waals surface area contributed by atoms with Crippen LogP contribution in [0.2, 0.25) is 0 Å². The van der Waals surface area contributed by atoms with E-state index < -0.39 is 0 Å². The summed E-state index contributed by atoms with van der Waals surface area (Å²) < 4.78 is 11.3. The van der Waals surface area contributed by atoms with Gasteiger partial charge in [0.25, 0.3) is 0 Å². The molecule has 0 bridgehead atoms. The largest absolute Gasteiger partial charge is 0.377 e. The molecule has 1 saturated heterocycles. The van der Waals surface area contributed by atoms with Gasteiger partial charge in [0.05, 0.1) is 23.7 Å². The predicted octanol–water partition coefficient (Wildman–Crippen LogP) is 4.08. The summed E-state index contributed by atoms with van der Waals surface area (Å²) in [5, 5.41) is -0.0533. The fourth-order valence-electron chi connectivity index (χ4n) is 2.13. The first-order valence-corrected chi connectivity index (χ1v) is 8.23. The Labute approximate surface area is 135 Å². The maximum absolute atomic E-state index is 6.36. The molecule has 2 nitrogen and oxygen atoms in total. The molecule has 0 aromatic carbocycles.